The lowest BCUT2D eigenvalue weighted by atomic mass is 10.1. The molecule has 3 atom stereocenters. The van der Waals surface area contributed by atoms with Crippen molar-refractivity contribution in [3.8, 4) is 5.75 Å². The Kier molecular flexibility index (Phi) is 7.12. The monoisotopic (exact) mass is 488 g/mol. The number of hydrogen-bond acceptors (Lipinski definition) is 4. The van der Waals surface area contributed by atoms with Crippen LogP contribution in [0.2, 0.25) is 10.0 Å². The SMILES string of the molecule is O=C(C1C[C@H]1c1ccccc1)N1CCOC(CN2CCC(Oc3ccc(Cl)c(Cl)c3)CC2)C1. The maximum atomic E-state index is 13.1. The van der Waals surface area contributed by atoms with Gasteiger partial charge >= 0.3 is 0 Å². The number of carbonyl (C=O) groups excluding carboxylic acids is 1. The molecule has 2 heterocycles. The van der Waals surface area contributed by atoms with E-state index in [1.54, 1.807) is 12.1 Å². The number of piperidine rings is 1. The van der Waals surface area contributed by atoms with Crippen LogP contribution >= 0.6 is 23.2 Å². The molecule has 2 unspecified atom stereocenters. The van der Waals surface area contributed by atoms with Gasteiger partial charge in [0.15, 0.2) is 0 Å². The molecule has 3 fully saturated rings. The van der Waals surface area contributed by atoms with Gasteiger partial charge in [0.1, 0.15) is 11.9 Å². The summed E-state index contributed by atoms with van der Waals surface area (Å²) < 4.78 is 12.1. The Morgan fingerprint density at radius 1 is 1.03 bits per heavy atom. The van der Waals surface area contributed by atoms with Gasteiger partial charge in [-0.3, -0.25) is 4.79 Å². The molecule has 0 aromatic heterocycles. The van der Waals surface area contributed by atoms with Crippen LogP contribution in [0.5, 0.6) is 5.75 Å². The Labute approximate surface area is 205 Å². The quantitative estimate of drug-likeness (QED) is 0.581. The minimum absolute atomic E-state index is 0.0733. The maximum absolute atomic E-state index is 13.1. The molecule has 2 aromatic rings. The van der Waals surface area contributed by atoms with Crippen molar-refractivity contribution in [2.75, 3.05) is 39.3 Å². The molecule has 1 amide bonds. The molecule has 0 spiro atoms. The average Bonchev–Trinajstić information content (AvgIpc) is 3.64. The van der Waals surface area contributed by atoms with E-state index < -0.39 is 0 Å². The summed E-state index contributed by atoms with van der Waals surface area (Å²) in [6.07, 6.45) is 3.13. The summed E-state index contributed by atoms with van der Waals surface area (Å²) >= 11 is 12.1. The molecule has 33 heavy (non-hydrogen) atoms. The first-order valence-electron chi connectivity index (χ1n) is 11.9. The van der Waals surface area contributed by atoms with E-state index in [1.807, 2.05) is 17.0 Å². The van der Waals surface area contributed by atoms with Gasteiger partial charge in [0, 0.05) is 44.7 Å². The summed E-state index contributed by atoms with van der Waals surface area (Å²) in [6.45, 7) is 4.78. The van der Waals surface area contributed by atoms with Gasteiger partial charge in [-0.05, 0) is 42.9 Å². The number of hydrogen-bond donors (Lipinski definition) is 0. The van der Waals surface area contributed by atoms with Crippen LogP contribution in [0.3, 0.4) is 0 Å². The first-order valence-corrected chi connectivity index (χ1v) is 12.6. The number of amides is 1. The number of nitrogens with zero attached hydrogens (tertiary/aromatic N) is 2. The largest absolute Gasteiger partial charge is 0.490 e. The molecule has 0 bridgehead atoms. The summed E-state index contributed by atoms with van der Waals surface area (Å²) in [7, 11) is 0. The van der Waals surface area contributed by atoms with Crippen LogP contribution in [-0.4, -0.2) is 67.2 Å². The smallest absolute Gasteiger partial charge is 0.226 e. The third-order valence-electron chi connectivity index (χ3n) is 6.98. The van der Waals surface area contributed by atoms with Crippen molar-refractivity contribution >= 4 is 29.1 Å². The highest BCUT2D eigenvalue weighted by Gasteiger charge is 2.46. The number of halogens is 2. The second-order valence-corrected chi connectivity index (χ2v) is 10.1. The van der Waals surface area contributed by atoms with Crippen molar-refractivity contribution in [2.24, 2.45) is 5.92 Å². The Morgan fingerprint density at radius 3 is 2.58 bits per heavy atom. The molecule has 0 radical (unpaired) electrons. The minimum Gasteiger partial charge on any atom is -0.490 e. The number of benzene rings is 2. The fourth-order valence-corrected chi connectivity index (χ4v) is 5.33. The van der Waals surface area contributed by atoms with E-state index in [0.29, 0.717) is 41.6 Å². The summed E-state index contributed by atoms with van der Waals surface area (Å²) in [6, 6.07) is 15.8. The van der Waals surface area contributed by atoms with Crippen LogP contribution in [0.25, 0.3) is 0 Å². The van der Waals surface area contributed by atoms with Crippen LogP contribution in [0.4, 0.5) is 0 Å². The van der Waals surface area contributed by atoms with Crippen LogP contribution in [0, 0.1) is 5.92 Å². The standard InChI is InChI=1S/C26H30Cl2N2O3/c27-24-7-6-20(14-25(24)28)33-19-8-10-29(11-9-19)16-21-17-30(12-13-32-21)26(31)23-15-22(23)18-4-2-1-3-5-18/h1-7,14,19,21-23H,8-13,15-17H2/t21?,22-,23?/m0/s1. The normalized spacial score (nSPS) is 26.2. The number of morpholine rings is 1. The third kappa shape index (κ3) is 5.65. The van der Waals surface area contributed by atoms with Gasteiger partial charge in [-0.2, -0.15) is 0 Å². The fraction of sp³-hybridized carbons (Fsp3) is 0.500. The van der Waals surface area contributed by atoms with Crippen molar-refractivity contribution in [1.29, 1.82) is 0 Å². The van der Waals surface area contributed by atoms with Crippen LogP contribution in [0.1, 0.15) is 30.7 Å². The summed E-state index contributed by atoms with van der Waals surface area (Å²) in [5.74, 6) is 1.59. The first-order chi connectivity index (χ1) is 16.1. The summed E-state index contributed by atoms with van der Waals surface area (Å²) in [5, 5.41) is 1.05. The highest BCUT2D eigenvalue weighted by atomic mass is 35.5. The molecule has 7 heteroatoms. The maximum Gasteiger partial charge on any atom is 0.226 e. The zero-order valence-electron chi connectivity index (χ0n) is 18.7. The lowest BCUT2D eigenvalue weighted by Crippen LogP contribution is -2.51. The van der Waals surface area contributed by atoms with Crippen LogP contribution in [-0.2, 0) is 9.53 Å². The van der Waals surface area contributed by atoms with Gasteiger partial charge in [-0.25, -0.2) is 0 Å². The highest BCUT2D eigenvalue weighted by molar-refractivity contribution is 6.42. The van der Waals surface area contributed by atoms with Gasteiger partial charge in [0.2, 0.25) is 5.91 Å². The number of carbonyl (C=O) groups is 1. The molecule has 2 aromatic carbocycles. The predicted octanol–water partition coefficient (Wildman–Crippen LogP) is 4.87. The number of rotatable bonds is 6. The zero-order chi connectivity index (χ0) is 22.8. The van der Waals surface area contributed by atoms with E-state index in [1.165, 1.54) is 5.56 Å². The van der Waals surface area contributed by atoms with Crippen LogP contribution in [0.15, 0.2) is 48.5 Å². The van der Waals surface area contributed by atoms with Crippen molar-refractivity contribution in [2.45, 2.75) is 37.4 Å². The predicted molar refractivity (Wildman–Crippen MR) is 130 cm³/mol. The third-order valence-corrected chi connectivity index (χ3v) is 7.72. The molecule has 176 valence electrons. The Hall–Kier alpha value is -1.79. The van der Waals surface area contributed by atoms with Gasteiger partial charge in [0.25, 0.3) is 0 Å². The van der Waals surface area contributed by atoms with Gasteiger partial charge in [-0.1, -0.05) is 53.5 Å². The van der Waals surface area contributed by atoms with Gasteiger partial charge in [-0.15, -0.1) is 0 Å². The van der Waals surface area contributed by atoms with Crippen molar-refractivity contribution in [3.63, 3.8) is 0 Å². The Bertz CT molecular complexity index is 965. The van der Waals surface area contributed by atoms with E-state index >= 15 is 0 Å². The Balaban J connectivity index is 1.07. The van der Waals surface area contributed by atoms with Crippen molar-refractivity contribution in [1.82, 2.24) is 9.80 Å². The van der Waals surface area contributed by atoms with E-state index in [2.05, 4.69) is 29.2 Å². The first kappa shape index (κ1) is 23.0. The molecule has 1 aliphatic carbocycles. The number of likely N-dealkylation sites (tertiary alicyclic amines) is 1. The average molecular weight is 489 g/mol. The van der Waals surface area contributed by atoms with Crippen molar-refractivity contribution < 1.29 is 14.3 Å². The number of ether oxygens (including phenoxy) is 2. The Morgan fingerprint density at radius 2 is 1.82 bits per heavy atom. The molecule has 2 aliphatic heterocycles. The van der Waals surface area contributed by atoms with E-state index in [4.69, 9.17) is 32.7 Å². The molecule has 0 N–H and O–H groups in total. The zero-order valence-corrected chi connectivity index (χ0v) is 20.2. The van der Waals surface area contributed by atoms with Gasteiger partial charge in [0.05, 0.1) is 22.8 Å². The van der Waals surface area contributed by atoms with Crippen molar-refractivity contribution in [3.05, 3.63) is 64.1 Å². The van der Waals surface area contributed by atoms with E-state index in [0.717, 1.165) is 44.6 Å². The minimum atomic E-state index is 0.0733. The van der Waals surface area contributed by atoms with E-state index in [-0.39, 0.29) is 18.1 Å². The molecular weight excluding hydrogens is 459 g/mol. The molecule has 3 aliphatic rings. The lowest BCUT2D eigenvalue weighted by Gasteiger charge is -2.38. The summed E-state index contributed by atoms with van der Waals surface area (Å²) in [4.78, 5) is 17.5. The van der Waals surface area contributed by atoms with E-state index in [9.17, 15) is 4.79 Å². The molecule has 1 saturated carbocycles. The highest BCUT2D eigenvalue weighted by Crippen LogP contribution is 2.48. The molecule has 5 nitrogen and oxygen atoms in total. The molecular formula is C26H30Cl2N2O3. The lowest BCUT2D eigenvalue weighted by molar-refractivity contribution is -0.141. The van der Waals surface area contributed by atoms with Crippen LogP contribution < -0.4 is 4.74 Å². The van der Waals surface area contributed by atoms with Gasteiger partial charge < -0.3 is 19.3 Å². The topological polar surface area (TPSA) is 42.0 Å². The summed E-state index contributed by atoms with van der Waals surface area (Å²) in [5.41, 5.74) is 1.28. The second kappa shape index (κ2) is 10.2. The molecule has 5 rings (SSSR count). The fourth-order valence-electron chi connectivity index (χ4n) is 5.04. The molecule has 2 saturated heterocycles. The second-order valence-electron chi connectivity index (χ2n) is 9.33.